The summed E-state index contributed by atoms with van der Waals surface area (Å²) in [5.74, 6) is 0. The highest BCUT2D eigenvalue weighted by atomic mass is 14.2. The number of hydrogen-bond acceptors (Lipinski definition) is 0. The van der Waals surface area contributed by atoms with Gasteiger partial charge in [0.1, 0.15) is 0 Å². The summed E-state index contributed by atoms with van der Waals surface area (Å²) < 4.78 is 0. The van der Waals surface area contributed by atoms with Gasteiger partial charge in [-0.2, -0.15) is 0 Å². The summed E-state index contributed by atoms with van der Waals surface area (Å²) in [6, 6.07) is 49.4. The van der Waals surface area contributed by atoms with Gasteiger partial charge in [-0.05, 0) is 108 Å². The van der Waals surface area contributed by atoms with Crippen LogP contribution in [0.25, 0.3) is 72.1 Å². The van der Waals surface area contributed by atoms with Crippen LogP contribution in [0, 0.1) is 6.92 Å². The first-order chi connectivity index (χ1) is 22.7. The van der Waals surface area contributed by atoms with E-state index in [0.29, 0.717) is 0 Å². The van der Waals surface area contributed by atoms with Crippen LogP contribution in [0.5, 0.6) is 0 Å². The predicted molar refractivity (Wildman–Crippen MR) is 199 cm³/mol. The molecule has 1 aliphatic rings. The third-order valence-corrected chi connectivity index (χ3v) is 9.73. The Morgan fingerprint density at radius 1 is 0.500 bits per heavy atom. The van der Waals surface area contributed by atoms with Crippen LogP contribution in [-0.2, 0) is 12.8 Å². The topological polar surface area (TPSA) is 0 Å². The van der Waals surface area contributed by atoms with E-state index in [1.165, 1.54) is 88.3 Å². The molecule has 1 aliphatic carbocycles. The summed E-state index contributed by atoms with van der Waals surface area (Å²) in [6.45, 7) is 4.56. The minimum Gasteiger partial charge on any atom is -0.0801 e. The molecule has 0 fully saturated rings. The second-order valence-electron chi connectivity index (χ2n) is 12.3. The van der Waals surface area contributed by atoms with Gasteiger partial charge in [0.15, 0.2) is 0 Å². The summed E-state index contributed by atoms with van der Waals surface area (Å²) in [6.07, 6.45) is 10.8. The van der Waals surface area contributed by atoms with Gasteiger partial charge in [0.2, 0.25) is 0 Å². The molecule has 220 valence electrons. The van der Waals surface area contributed by atoms with E-state index in [9.17, 15) is 0 Å². The van der Waals surface area contributed by atoms with Crippen LogP contribution in [0.15, 0.2) is 152 Å². The van der Waals surface area contributed by atoms with Crippen molar-refractivity contribution in [1.29, 1.82) is 0 Å². The van der Waals surface area contributed by atoms with Crippen molar-refractivity contribution in [2.75, 3.05) is 0 Å². The maximum Gasteiger partial charge on any atom is -0.00263 e. The molecule has 7 aromatic carbocycles. The lowest BCUT2D eigenvalue weighted by Crippen LogP contribution is -1.97. The molecule has 0 saturated heterocycles. The zero-order valence-corrected chi connectivity index (χ0v) is 26.4. The first-order valence-electron chi connectivity index (χ1n) is 16.4. The molecule has 0 saturated carbocycles. The van der Waals surface area contributed by atoms with E-state index in [2.05, 4.69) is 172 Å². The van der Waals surface area contributed by atoms with Crippen LogP contribution in [0.2, 0.25) is 0 Å². The fraction of sp³-hybridized carbons (Fsp3) is 0.0870. The highest BCUT2D eigenvalue weighted by Crippen LogP contribution is 2.45. The lowest BCUT2D eigenvalue weighted by atomic mass is 9.84. The van der Waals surface area contributed by atoms with Crippen molar-refractivity contribution in [2.45, 2.75) is 26.7 Å². The SMILES string of the molecule is CCc1cc(-c2c3ccccc3c(-c3ccc(-c4ccccc4)cc3)c3ccccc23)ccc1-c1ccc2c(c1C)C=CC=CC2. The summed E-state index contributed by atoms with van der Waals surface area (Å²) in [5, 5.41) is 5.15. The number of hydrogen-bond donors (Lipinski definition) is 0. The van der Waals surface area contributed by atoms with Gasteiger partial charge in [-0.25, -0.2) is 0 Å². The average molecular weight is 589 g/mol. The zero-order chi connectivity index (χ0) is 31.0. The number of aryl methyl sites for hydroxylation is 1. The molecule has 0 atom stereocenters. The lowest BCUT2D eigenvalue weighted by molar-refractivity contribution is 1.14. The first-order valence-corrected chi connectivity index (χ1v) is 16.4. The minimum absolute atomic E-state index is 0.971. The molecule has 0 amide bonds. The quantitative estimate of drug-likeness (QED) is 0.175. The summed E-state index contributed by atoms with van der Waals surface area (Å²) >= 11 is 0. The van der Waals surface area contributed by atoms with Crippen LogP contribution in [0.1, 0.15) is 29.2 Å². The van der Waals surface area contributed by atoms with E-state index in [1.807, 2.05) is 0 Å². The van der Waals surface area contributed by atoms with Crippen LogP contribution in [0.4, 0.5) is 0 Å². The van der Waals surface area contributed by atoms with Crippen molar-refractivity contribution in [3.63, 3.8) is 0 Å². The Kier molecular flexibility index (Phi) is 7.20. The maximum atomic E-state index is 2.44. The van der Waals surface area contributed by atoms with Crippen LogP contribution < -0.4 is 0 Å². The van der Waals surface area contributed by atoms with Crippen molar-refractivity contribution in [3.05, 3.63) is 174 Å². The Hall–Kier alpha value is -5.46. The van der Waals surface area contributed by atoms with Gasteiger partial charge in [-0.1, -0.05) is 165 Å². The summed E-state index contributed by atoms with van der Waals surface area (Å²) in [4.78, 5) is 0. The van der Waals surface area contributed by atoms with Crippen molar-refractivity contribution in [1.82, 2.24) is 0 Å². The molecule has 0 radical (unpaired) electrons. The molecule has 7 aromatic rings. The van der Waals surface area contributed by atoms with Gasteiger partial charge in [0, 0.05) is 0 Å². The van der Waals surface area contributed by atoms with Crippen molar-refractivity contribution >= 4 is 27.6 Å². The van der Waals surface area contributed by atoms with E-state index in [0.717, 1.165) is 12.8 Å². The predicted octanol–water partition coefficient (Wildman–Crippen LogP) is 12.7. The van der Waals surface area contributed by atoms with Crippen LogP contribution in [-0.4, -0.2) is 0 Å². The Labute approximate surface area is 272 Å². The molecule has 0 aromatic heterocycles. The molecule has 8 rings (SSSR count). The number of rotatable bonds is 5. The smallest absolute Gasteiger partial charge is 0.00263 e. The zero-order valence-electron chi connectivity index (χ0n) is 26.4. The molecule has 0 unspecified atom stereocenters. The van der Waals surface area contributed by atoms with Gasteiger partial charge >= 0.3 is 0 Å². The molecule has 0 aliphatic heterocycles. The van der Waals surface area contributed by atoms with Gasteiger partial charge in [0.05, 0.1) is 0 Å². The first kappa shape index (κ1) is 28.0. The number of benzene rings is 7. The van der Waals surface area contributed by atoms with Crippen molar-refractivity contribution in [3.8, 4) is 44.5 Å². The lowest BCUT2D eigenvalue weighted by Gasteiger charge is -2.20. The van der Waals surface area contributed by atoms with Crippen LogP contribution >= 0.6 is 0 Å². The van der Waals surface area contributed by atoms with E-state index in [4.69, 9.17) is 0 Å². The fourth-order valence-electron chi connectivity index (χ4n) is 7.43. The standard InChI is InChI=1S/C46H36/c1-3-32-30-37(27-29-40(32)39-28-26-35-16-8-5-9-17-38(35)31(39)2)46-43-20-12-10-18-41(43)45(42-19-11-13-21-44(42)46)36-24-22-34(23-25-36)33-14-6-4-7-15-33/h4-15,17-30H,3,16H2,1-2H3. The Bertz CT molecular complexity index is 2240. The highest BCUT2D eigenvalue weighted by Gasteiger charge is 2.18. The Balaban J connectivity index is 1.30. The third-order valence-electron chi connectivity index (χ3n) is 9.73. The number of allylic oxidation sites excluding steroid dienone is 3. The molecule has 0 heterocycles. The average Bonchev–Trinajstić information content (AvgIpc) is 3.37. The molecular weight excluding hydrogens is 553 g/mol. The molecule has 46 heavy (non-hydrogen) atoms. The number of fused-ring (bicyclic) bond motifs is 3. The van der Waals surface area contributed by atoms with Gasteiger partial charge in [0.25, 0.3) is 0 Å². The van der Waals surface area contributed by atoms with Crippen LogP contribution in [0.3, 0.4) is 0 Å². The monoisotopic (exact) mass is 588 g/mol. The van der Waals surface area contributed by atoms with Crippen molar-refractivity contribution < 1.29 is 0 Å². The van der Waals surface area contributed by atoms with E-state index < -0.39 is 0 Å². The highest BCUT2D eigenvalue weighted by molar-refractivity contribution is 6.21. The largest absolute Gasteiger partial charge is 0.0801 e. The van der Waals surface area contributed by atoms with Gasteiger partial charge in [-0.3, -0.25) is 0 Å². The molecule has 0 nitrogen and oxygen atoms in total. The summed E-state index contributed by atoms with van der Waals surface area (Å²) in [5.41, 5.74) is 15.8. The van der Waals surface area contributed by atoms with Gasteiger partial charge < -0.3 is 0 Å². The molecule has 0 spiro atoms. The maximum absolute atomic E-state index is 2.44. The van der Waals surface area contributed by atoms with Gasteiger partial charge in [-0.15, -0.1) is 0 Å². The Morgan fingerprint density at radius 2 is 1.04 bits per heavy atom. The third kappa shape index (κ3) is 4.78. The molecule has 0 heteroatoms. The minimum atomic E-state index is 0.971. The van der Waals surface area contributed by atoms with E-state index >= 15 is 0 Å². The van der Waals surface area contributed by atoms with E-state index in [1.54, 1.807) is 0 Å². The fourth-order valence-corrected chi connectivity index (χ4v) is 7.43. The molecule has 0 N–H and O–H groups in total. The molecular formula is C46H36. The van der Waals surface area contributed by atoms with E-state index in [-0.39, 0.29) is 0 Å². The molecule has 0 bridgehead atoms. The normalized spacial score (nSPS) is 12.4. The Morgan fingerprint density at radius 3 is 1.70 bits per heavy atom. The second kappa shape index (κ2) is 11.8. The summed E-state index contributed by atoms with van der Waals surface area (Å²) in [7, 11) is 0. The van der Waals surface area contributed by atoms with Crippen molar-refractivity contribution in [2.24, 2.45) is 0 Å². The second-order valence-corrected chi connectivity index (χ2v) is 12.3.